The van der Waals surface area contributed by atoms with Crippen LogP contribution in [0.5, 0.6) is 0 Å². The molecule has 0 radical (unpaired) electrons. The number of hydrogen-bond donors (Lipinski definition) is 12. The Morgan fingerprint density at radius 3 is 0.936 bits per heavy atom. The van der Waals surface area contributed by atoms with Gasteiger partial charge in [0.15, 0.2) is 18.9 Å². The third-order valence-corrected chi connectivity index (χ3v) is 23.2. The quantitative estimate of drug-likeness (QED) is 0.0199. The number of amides is 1. The molecule has 3 heterocycles. The molecule has 0 spiro atoms. The molecule has 648 valence electrons. The smallest absolute Gasteiger partial charge is 0.220 e. The minimum absolute atomic E-state index is 0.234. The zero-order valence-corrected chi connectivity index (χ0v) is 70.0. The second-order valence-electron chi connectivity index (χ2n) is 33.1. The van der Waals surface area contributed by atoms with Gasteiger partial charge in [-0.1, -0.05) is 384 Å². The number of aliphatic hydroxyl groups excluding tert-OH is 11. The van der Waals surface area contributed by atoms with Crippen LogP contribution in [0.25, 0.3) is 0 Å². The van der Waals surface area contributed by atoms with Gasteiger partial charge in [0.1, 0.15) is 73.2 Å². The van der Waals surface area contributed by atoms with Crippen LogP contribution in [0.1, 0.15) is 406 Å². The molecule has 3 fully saturated rings. The molecule has 0 bridgehead atoms. The van der Waals surface area contributed by atoms with Crippen molar-refractivity contribution in [1.29, 1.82) is 0 Å². The van der Waals surface area contributed by atoms with Crippen LogP contribution >= 0.6 is 0 Å². The summed E-state index contributed by atoms with van der Waals surface area (Å²) < 4.78 is 34.6. The Labute approximate surface area is 670 Å². The Kier molecular flexibility index (Phi) is 66.1. The molecule has 1 amide bonds. The summed E-state index contributed by atoms with van der Waals surface area (Å²) in [5.74, 6) is -0.234. The van der Waals surface area contributed by atoms with E-state index in [1.54, 1.807) is 0 Å². The average Bonchev–Trinajstić information content (AvgIpc) is 0.795. The molecule has 0 saturated carbocycles. The third-order valence-electron chi connectivity index (χ3n) is 23.2. The average molecular weight is 1570 g/mol. The van der Waals surface area contributed by atoms with Gasteiger partial charge in [-0.15, -0.1) is 0 Å². The summed E-state index contributed by atoms with van der Waals surface area (Å²) in [6.45, 7) is 1.86. The molecule has 19 heteroatoms. The van der Waals surface area contributed by atoms with Gasteiger partial charge in [0.25, 0.3) is 0 Å². The maximum absolute atomic E-state index is 13.6. The molecule has 3 aliphatic rings. The number of nitrogens with one attached hydrogen (secondary N) is 1. The normalized spacial score (nSPS) is 25.3. The van der Waals surface area contributed by atoms with Crippen LogP contribution in [-0.4, -0.2) is 193 Å². The molecule has 3 rings (SSSR count). The van der Waals surface area contributed by atoms with Crippen LogP contribution in [0, 0.1) is 0 Å². The number of rotatable bonds is 76. The number of unbranched alkanes of at least 4 members (excludes halogenated alkanes) is 54. The lowest BCUT2D eigenvalue weighted by Crippen LogP contribution is -2.66. The van der Waals surface area contributed by atoms with E-state index in [1.165, 1.54) is 315 Å². The molecule has 0 aliphatic carbocycles. The van der Waals surface area contributed by atoms with Gasteiger partial charge in [0.05, 0.1) is 38.6 Å². The predicted molar refractivity (Wildman–Crippen MR) is 443 cm³/mol. The van der Waals surface area contributed by atoms with E-state index in [1.807, 2.05) is 0 Å². The number of allylic oxidation sites excluding steroid dienone is 6. The van der Waals surface area contributed by atoms with Gasteiger partial charge in [-0.25, -0.2) is 0 Å². The van der Waals surface area contributed by atoms with Crippen molar-refractivity contribution in [1.82, 2.24) is 5.32 Å². The van der Waals surface area contributed by atoms with Crippen LogP contribution in [-0.2, 0) is 33.2 Å². The van der Waals surface area contributed by atoms with E-state index < -0.39 is 124 Å². The first-order valence-electron chi connectivity index (χ1n) is 46.2. The summed E-state index contributed by atoms with van der Waals surface area (Å²) >= 11 is 0. The fourth-order valence-corrected chi connectivity index (χ4v) is 15.9. The molecule has 3 aliphatic heterocycles. The summed E-state index contributed by atoms with van der Waals surface area (Å²) in [6.07, 6.45) is 64.0. The number of aliphatic hydroxyl groups is 11. The lowest BCUT2D eigenvalue weighted by Gasteiger charge is -2.48. The van der Waals surface area contributed by atoms with Crippen molar-refractivity contribution >= 4 is 5.91 Å². The topological polar surface area (TPSA) is 307 Å². The minimum Gasteiger partial charge on any atom is -0.394 e. The van der Waals surface area contributed by atoms with Crippen molar-refractivity contribution in [2.75, 3.05) is 26.4 Å². The number of ether oxygens (including phenoxy) is 6. The van der Waals surface area contributed by atoms with Crippen molar-refractivity contribution in [3.05, 3.63) is 36.5 Å². The van der Waals surface area contributed by atoms with Gasteiger partial charge in [-0.05, 0) is 51.4 Å². The van der Waals surface area contributed by atoms with E-state index in [2.05, 4.69) is 55.6 Å². The SMILES string of the molecule is CCCCCCC/C=C\C/C=C\C/C=C\CCCCCCCCCCCCCCCCCCCCCCC(=O)NC(COC1OC(CO)C(OC2OC(CO)C(OC3OC(CO)C(O)C(O)C3O)C(O)C2O)C(O)C1O)C(O)CCCCCCCCCCCCCCCCCCCCCCCCCCCCCCCC. The van der Waals surface area contributed by atoms with Gasteiger partial charge in [-0.2, -0.15) is 0 Å². The highest BCUT2D eigenvalue weighted by atomic mass is 16.8. The van der Waals surface area contributed by atoms with Crippen LogP contribution in [0.15, 0.2) is 36.5 Å². The first-order chi connectivity index (χ1) is 53.8. The monoisotopic (exact) mass is 1570 g/mol. The highest BCUT2D eigenvalue weighted by Crippen LogP contribution is 2.34. The van der Waals surface area contributed by atoms with Crippen LogP contribution < -0.4 is 5.32 Å². The van der Waals surface area contributed by atoms with Crippen molar-refractivity contribution in [2.24, 2.45) is 0 Å². The van der Waals surface area contributed by atoms with Gasteiger partial charge in [0, 0.05) is 6.42 Å². The van der Waals surface area contributed by atoms with E-state index in [0.29, 0.717) is 12.8 Å². The molecular formula is C91H171NO18. The summed E-state index contributed by atoms with van der Waals surface area (Å²) in [4.78, 5) is 13.6. The Morgan fingerprint density at radius 1 is 0.327 bits per heavy atom. The lowest BCUT2D eigenvalue weighted by molar-refractivity contribution is -0.379. The van der Waals surface area contributed by atoms with Crippen molar-refractivity contribution in [3.8, 4) is 0 Å². The van der Waals surface area contributed by atoms with Crippen LogP contribution in [0.3, 0.4) is 0 Å². The fourth-order valence-electron chi connectivity index (χ4n) is 15.9. The van der Waals surface area contributed by atoms with Gasteiger partial charge in [0.2, 0.25) is 5.91 Å². The highest BCUT2D eigenvalue weighted by molar-refractivity contribution is 5.76. The highest BCUT2D eigenvalue weighted by Gasteiger charge is 2.54. The first kappa shape index (κ1) is 102. The summed E-state index contributed by atoms with van der Waals surface area (Å²) in [7, 11) is 0. The Morgan fingerprint density at radius 2 is 0.600 bits per heavy atom. The number of carbonyl (C=O) groups excluding carboxylic acids is 1. The maximum atomic E-state index is 13.6. The fraction of sp³-hybridized carbons (Fsp3) is 0.923. The second kappa shape index (κ2) is 71.1. The van der Waals surface area contributed by atoms with E-state index in [0.717, 1.165) is 57.8 Å². The van der Waals surface area contributed by atoms with Crippen LogP contribution in [0.4, 0.5) is 0 Å². The van der Waals surface area contributed by atoms with Crippen molar-refractivity contribution in [2.45, 2.75) is 510 Å². The first-order valence-corrected chi connectivity index (χ1v) is 46.2. The summed E-state index contributed by atoms with van der Waals surface area (Å²) in [6, 6.07) is -0.888. The van der Waals surface area contributed by atoms with E-state index >= 15 is 0 Å². The molecule has 0 aromatic rings. The molecular weight excluding hydrogens is 1390 g/mol. The van der Waals surface area contributed by atoms with Gasteiger partial charge < -0.3 is 89.9 Å². The molecule has 0 aromatic carbocycles. The van der Waals surface area contributed by atoms with E-state index in [4.69, 9.17) is 28.4 Å². The Bertz CT molecular complexity index is 2120. The maximum Gasteiger partial charge on any atom is 0.220 e. The van der Waals surface area contributed by atoms with E-state index in [9.17, 15) is 61.0 Å². The zero-order valence-electron chi connectivity index (χ0n) is 70.0. The van der Waals surface area contributed by atoms with Crippen molar-refractivity contribution < 1.29 is 89.4 Å². The van der Waals surface area contributed by atoms with Crippen LogP contribution in [0.2, 0.25) is 0 Å². The molecule has 17 unspecified atom stereocenters. The third kappa shape index (κ3) is 49.3. The molecule has 12 N–H and O–H groups in total. The van der Waals surface area contributed by atoms with E-state index in [-0.39, 0.29) is 18.9 Å². The largest absolute Gasteiger partial charge is 0.394 e. The molecule has 110 heavy (non-hydrogen) atoms. The molecule has 0 aromatic heterocycles. The standard InChI is InChI=1S/C91H171NO18/c1-3-5-7-9-11-13-15-17-19-21-23-25-27-29-31-33-35-36-37-38-39-41-43-45-47-49-51-53-55-57-59-61-63-65-67-69-79(97)92-74(75(96)68-66-64-62-60-58-56-54-52-50-48-46-44-42-40-34-32-30-28-26-24-22-20-18-16-14-12-10-8-6-4-2)73-105-89-85(103)82(100)87(77(71-94)107-89)110-91-86(104)83(101)88(78(72-95)108-91)109-90-84(102)81(99)80(98)76(70-93)106-90/h15,17,21,23,27,29,74-78,80-91,93-96,98-104H,3-14,16,18-20,22,24-26,28,30-73H2,1-2H3,(H,92,97)/b17-15-,23-21-,29-27-. The molecule has 3 saturated heterocycles. The van der Waals surface area contributed by atoms with Crippen molar-refractivity contribution in [3.63, 3.8) is 0 Å². The predicted octanol–water partition coefficient (Wildman–Crippen LogP) is 17.8. The second-order valence-corrected chi connectivity index (χ2v) is 33.1. The summed E-state index contributed by atoms with van der Waals surface area (Å²) in [5.41, 5.74) is 0. The zero-order chi connectivity index (χ0) is 79.5. The molecule has 17 atom stereocenters. The van der Waals surface area contributed by atoms with Gasteiger partial charge in [-0.3, -0.25) is 4.79 Å². The lowest BCUT2D eigenvalue weighted by atomic mass is 9.96. The Balaban J connectivity index is 1.31. The number of hydrogen-bond acceptors (Lipinski definition) is 18. The van der Waals surface area contributed by atoms with Gasteiger partial charge >= 0.3 is 0 Å². The minimum atomic E-state index is -1.97. The Hall–Kier alpha value is -1.99. The number of carbonyl (C=O) groups is 1. The molecule has 19 nitrogen and oxygen atoms in total. The summed E-state index contributed by atoms with van der Waals surface area (Å²) in [5, 5.41) is 121.